The molecule has 3 rings (SSSR count). The SMILES string of the molecule is O=C(NCCOc1ccc(C(F)(F)F)cc1)c1cnn(-c2ccc(Cl)cc2)c1C(F)(F)F. The molecule has 1 heterocycles. The van der Waals surface area contributed by atoms with E-state index in [-0.39, 0.29) is 24.6 Å². The maximum absolute atomic E-state index is 13.6. The standard InChI is InChI=1S/C20H14ClF6N3O2/c21-13-3-5-14(6-4-13)30-17(20(25,26)27)16(11-29-30)18(31)28-9-10-32-15-7-1-12(2-8-15)19(22,23)24/h1-8,11H,9-10H2,(H,28,31). The predicted molar refractivity (Wildman–Crippen MR) is 103 cm³/mol. The van der Waals surface area contributed by atoms with Gasteiger partial charge in [0.2, 0.25) is 0 Å². The first-order chi connectivity index (χ1) is 15.0. The van der Waals surface area contributed by atoms with Crippen molar-refractivity contribution in [1.29, 1.82) is 0 Å². The Morgan fingerprint density at radius 2 is 1.59 bits per heavy atom. The van der Waals surface area contributed by atoms with Crippen molar-refractivity contribution in [3.63, 3.8) is 0 Å². The van der Waals surface area contributed by atoms with E-state index in [4.69, 9.17) is 16.3 Å². The van der Waals surface area contributed by atoms with Gasteiger partial charge < -0.3 is 10.1 Å². The van der Waals surface area contributed by atoms with Gasteiger partial charge >= 0.3 is 12.4 Å². The quantitative estimate of drug-likeness (QED) is 0.383. The molecule has 0 unspecified atom stereocenters. The van der Waals surface area contributed by atoms with Crippen LogP contribution in [0.4, 0.5) is 26.3 Å². The lowest BCUT2D eigenvalue weighted by atomic mass is 10.2. The third-order valence-corrected chi connectivity index (χ3v) is 4.44. The molecule has 1 amide bonds. The lowest BCUT2D eigenvalue weighted by Crippen LogP contribution is -2.30. The number of nitrogens with one attached hydrogen (secondary N) is 1. The summed E-state index contributed by atoms with van der Waals surface area (Å²) in [7, 11) is 0. The largest absolute Gasteiger partial charge is 0.492 e. The molecule has 12 heteroatoms. The van der Waals surface area contributed by atoms with E-state index < -0.39 is 35.1 Å². The topological polar surface area (TPSA) is 56.1 Å². The number of alkyl halides is 6. The zero-order valence-corrected chi connectivity index (χ0v) is 16.7. The third kappa shape index (κ3) is 5.52. The molecule has 0 aliphatic rings. The lowest BCUT2D eigenvalue weighted by molar-refractivity contribution is -0.143. The predicted octanol–water partition coefficient (Wildman–Crippen LogP) is 5.37. The van der Waals surface area contributed by atoms with Crippen molar-refractivity contribution < 1.29 is 35.9 Å². The molecule has 1 aromatic heterocycles. The fourth-order valence-electron chi connectivity index (χ4n) is 2.73. The molecule has 170 valence electrons. The van der Waals surface area contributed by atoms with E-state index in [0.717, 1.165) is 30.5 Å². The number of halogens is 7. The molecule has 0 bridgehead atoms. The van der Waals surface area contributed by atoms with E-state index in [1.165, 1.54) is 24.3 Å². The van der Waals surface area contributed by atoms with E-state index >= 15 is 0 Å². The van der Waals surface area contributed by atoms with Gasteiger partial charge in [-0.2, -0.15) is 31.4 Å². The molecule has 0 radical (unpaired) electrons. The average Bonchev–Trinajstić information content (AvgIpc) is 3.17. The Balaban J connectivity index is 1.66. The summed E-state index contributed by atoms with van der Waals surface area (Å²) in [6.45, 7) is -0.368. The normalized spacial score (nSPS) is 12.0. The number of nitrogens with zero attached hydrogens (tertiary/aromatic N) is 2. The van der Waals surface area contributed by atoms with Crippen LogP contribution in [0, 0.1) is 0 Å². The van der Waals surface area contributed by atoms with Crippen LogP contribution in [0.5, 0.6) is 5.75 Å². The number of carbonyl (C=O) groups excluding carboxylic acids is 1. The molecule has 0 saturated heterocycles. The number of hydrogen-bond acceptors (Lipinski definition) is 3. The number of rotatable bonds is 6. The van der Waals surface area contributed by atoms with Crippen LogP contribution in [0.3, 0.4) is 0 Å². The van der Waals surface area contributed by atoms with Gasteiger partial charge in [-0.25, -0.2) is 4.68 Å². The summed E-state index contributed by atoms with van der Waals surface area (Å²) in [6.07, 6.45) is -8.57. The molecule has 0 atom stereocenters. The molecule has 5 nitrogen and oxygen atoms in total. The number of ether oxygens (including phenoxy) is 1. The van der Waals surface area contributed by atoms with Crippen LogP contribution in [0.1, 0.15) is 21.6 Å². The smallest absolute Gasteiger partial charge is 0.434 e. The summed E-state index contributed by atoms with van der Waals surface area (Å²) in [5, 5.41) is 6.27. The van der Waals surface area contributed by atoms with Crippen molar-refractivity contribution >= 4 is 17.5 Å². The molecule has 1 N–H and O–H groups in total. The van der Waals surface area contributed by atoms with Crippen molar-refractivity contribution in [2.45, 2.75) is 12.4 Å². The van der Waals surface area contributed by atoms with Gasteiger partial charge in [0.15, 0.2) is 5.69 Å². The summed E-state index contributed by atoms with van der Waals surface area (Å²) < 4.78 is 84.3. The van der Waals surface area contributed by atoms with Crippen LogP contribution in [0.25, 0.3) is 5.69 Å². The number of aromatic nitrogens is 2. The van der Waals surface area contributed by atoms with Crippen LogP contribution >= 0.6 is 11.6 Å². The number of hydrogen-bond donors (Lipinski definition) is 1. The maximum atomic E-state index is 13.6. The highest BCUT2D eigenvalue weighted by atomic mass is 35.5. The van der Waals surface area contributed by atoms with Crippen LogP contribution in [0.15, 0.2) is 54.7 Å². The van der Waals surface area contributed by atoms with Crippen LogP contribution in [-0.4, -0.2) is 28.8 Å². The van der Waals surface area contributed by atoms with Gasteiger partial charge in [0.1, 0.15) is 12.4 Å². The fraction of sp³-hybridized carbons (Fsp3) is 0.200. The Morgan fingerprint density at radius 3 is 2.16 bits per heavy atom. The second-order valence-electron chi connectivity index (χ2n) is 6.42. The maximum Gasteiger partial charge on any atom is 0.434 e. The van der Waals surface area contributed by atoms with Gasteiger partial charge in [-0.3, -0.25) is 4.79 Å². The molecule has 0 fully saturated rings. The summed E-state index contributed by atoms with van der Waals surface area (Å²) >= 11 is 5.75. The Labute approximate surface area is 182 Å². The molecule has 0 aliphatic carbocycles. The second kappa shape index (κ2) is 9.11. The first kappa shape index (κ1) is 23.5. The summed E-state index contributed by atoms with van der Waals surface area (Å²) in [5.41, 5.74) is -2.75. The monoisotopic (exact) mass is 477 g/mol. The molecule has 0 saturated carbocycles. The van der Waals surface area contributed by atoms with Crippen molar-refractivity contribution in [1.82, 2.24) is 15.1 Å². The molecular weight excluding hydrogens is 464 g/mol. The number of benzene rings is 2. The Hall–Kier alpha value is -3.21. The third-order valence-electron chi connectivity index (χ3n) is 4.19. The van der Waals surface area contributed by atoms with Gasteiger partial charge in [-0.15, -0.1) is 0 Å². The minimum Gasteiger partial charge on any atom is -0.492 e. The summed E-state index contributed by atoms with van der Waals surface area (Å²) in [4.78, 5) is 12.3. The molecule has 0 aliphatic heterocycles. The van der Waals surface area contributed by atoms with E-state index in [0.29, 0.717) is 9.70 Å². The van der Waals surface area contributed by atoms with Crippen molar-refractivity contribution in [3.05, 3.63) is 76.6 Å². The van der Waals surface area contributed by atoms with E-state index in [2.05, 4.69) is 10.4 Å². The zero-order valence-electron chi connectivity index (χ0n) is 16.0. The molecule has 0 spiro atoms. The lowest BCUT2D eigenvalue weighted by Gasteiger charge is -2.13. The first-order valence-corrected chi connectivity index (χ1v) is 9.34. The van der Waals surface area contributed by atoms with E-state index in [1.54, 1.807) is 0 Å². The molecule has 3 aromatic rings. The second-order valence-corrected chi connectivity index (χ2v) is 6.86. The first-order valence-electron chi connectivity index (χ1n) is 8.96. The highest BCUT2D eigenvalue weighted by molar-refractivity contribution is 6.30. The Bertz CT molecular complexity index is 1080. The number of carbonyl (C=O) groups is 1. The summed E-state index contributed by atoms with van der Waals surface area (Å²) in [6, 6.07) is 9.27. The minimum absolute atomic E-state index is 0.0615. The van der Waals surface area contributed by atoms with Crippen LogP contribution in [-0.2, 0) is 12.4 Å². The van der Waals surface area contributed by atoms with Gasteiger partial charge in [0, 0.05) is 5.02 Å². The Morgan fingerprint density at radius 1 is 0.969 bits per heavy atom. The van der Waals surface area contributed by atoms with Crippen LogP contribution in [0.2, 0.25) is 5.02 Å². The van der Waals surface area contributed by atoms with Gasteiger partial charge in [0.25, 0.3) is 5.91 Å². The van der Waals surface area contributed by atoms with Crippen molar-refractivity contribution in [2.24, 2.45) is 0 Å². The van der Waals surface area contributed by atoms with Crippen molar-refractivity contribution in [2.75, 3.05) is 13.2 Å². The highest BCUT2D eigenvalue weighted by Gasteiger charge is 2.40. The van der Waals surface area contributed by atoms with Crippen LogP contribution < -0.4 is 10.1 Å². The van der Waals surface area contributed by atoms with E-state index in [9.17, 15) is 31.1 Å². The van der Waals surface area contributed by atoms with Gasteiger partial charge in [-0.1, -0.05) is 11.6 Å². The molecule has 2 aromatic carbocycles. The summed E-state index contributed by atoms with van der Waals surface area (Å²) in [5.74, 6) is -0.924. The van der Waals surface area contributed by atoms with E-state index in [1.807, 2.05) is 0 Å². The van der Waals surface area contributed by atoms with Gasteiger partial charge in [0.05, 0.1) is 29.6 Å². The zero-order chi connectivity index (χ0) is 23.5. The Kier molecular flexibility index (Phi) is 6.68. The fourth-order valence-corrected chi connectivity index (χ4v) is 2.86. The highest BCUT2D eigenvalue weighted by Crippen LogP contribution is 2.34. The molecular formula is C20H14ClF6N3O2. The number of amides is 1. The van der Waals surface area contributed by atoms with Gasteiger partial charge in [-0.05, 0) is 48.5 Å². The van der Waals surface area contributed by atoms with Crippen molar-refractivity contribution in [3.8, 4) is 11.4 Å². The average molecular weight is 478 g/mol. The minimum atomic E-state index is -4.88. The molecule has 32 heavy (non-hydrogen) atoms.